The third kappa shape index (κ3) is 5.45. The lowest BCUT2D eigenvalue weighted by molar-refractivity contribution is -0.137. The number of hydrogen-bond donors (Lipinski definition) is 1. The van der Waals surface area contributed by atoms with Crippen molar-refractivity contribution in [2.24, 2.45) is 5.92 Å². The van der Waals surface area contributed by atoms with Gasteiger partial charge in [-0.2, -0.15) is 13.2 Å². The minimum atomic E-state index is -4.46. The van der Waals surface area contributed by atoms with Crippen LogP contribution < -0.4 is 5.32 Å². The Morgan fingerprint density at radius 2 is 2.11 bits per heavy atom. The summed E-state index contributed by atoms with van der Waals surface area (Å²) in [6.07, 6.45) is -2.28. The van der Waals surface area contributed by atoms with E-state index in [-0.39, 0.29) is 41.2 Å². The Balaban J connectivity index is 1.62. The molecule has 2 heterocycles. The van der Waals surface area contributed by atoms with E-state index in [1.807, 2.05) is 0 Å². The Bertz CT molecular complexity index is 990. The molecule has 28 heavy (non-hydrogen) atoms. The van der Waals surface area contributed by atoms with Gasteiger partial charge in [0, 0.05) is 28.9 Å². The highest BCUT2D eigenvalue weighted by Gasteiger charge is 2.31. The second-order valence-corrected chi connectivity index (χ2v) is 10.4. The lowest BCUT2D eigenvalue weighted by Gasteiger charge is -2.09. The Kier molecular flexibility index (Phi) is 6.02. The molecule has 1 atom stereocenters. The fourth-order valence-electron chi connectivity index (χ4n) is 2.99. The summed E-state index contributed by atoms with van der Waals surface area (Å²) in [5, 5.41) is 3.14. The number of benzene rings is 1. The molecule has 0 radical (unpaired) electrons. The average molecular weight is 453 g/mol. The van der Waals surface area contributed by atoms with Crippen molar-refractivity contribution in [3.63, 3.8) is 0 Å². The van der Waals surface area contributed by atoms with Crippen LogP contribution in [-0.2, 0) is 27.2 Å². The van der Waals surface area contributed by atoms with Gasteiger partial charge >= 0.3 is 6.18 Å². The second kappa shape index (κ2) is 8.00. The first-order valence-electron chi connectivity index (χ1n) is 8.32. The molecule has 1 aliphatic heterocycles. The van der Waals surface area contributed by atoms with Crippen molar-refractivity contribution in [3.8, 4) is 0 Å². The van der Waals surface area contributed by atoms with E-state index < -0.39 is 21.6 Å². The topological polar surface area (TPSA) is 76.1 Å². The molecule has 1 aromatic heterocycles. The van der Waals surface area contributed by atoms with Gasteiger partial charge in [-0.15, -0.1) is 11.3 Å². The lowest BCUT2D eigenvalue weighted by atomic mass is 10.1. The van der Waals surface area contributed by atoms with Gasteiger partial charge in [-0.05, 0) is 36.1 Å². The number of halogens is 4. The molecule has 11 heteroatoms. The number of nitrogens with one attached hydrogen (secondary N) is 1. The predicted molar refractivity (Wildman–Crippen MR) is 101 cm³/mol. The van der Waals surface area contributed by atoms with E-state index in [2.05, 4.69) is 10.3 Å². The van der Waals surface area contributed by atoms with Gasteiger partial charge in [0.2, 0.25) is 5.91 Å². The van der Waals surface area contributed by atoms with E-state index in [0.29, 0.717) is 22.0 Å². The quantitative estimate of drug-likeness (QED) is 0.738. The number of carbonyl (C=O) groups is 1. The number of aromatic nitrogens is 1. The van der Waals surface area contributed by atoms with Crippen LogP contribution in [0.3, 0.4) is 0 Å². The molecular weight excluding hydrogens is 437 g/mol. The molecule has 1 N–H and O–H groups in total. The average Bonchev–Trinajstić information content (AvgIpc) is 3.14. The number of sulfone groups is 1. The molecule has 5 nitrogen and oxygen atoms in total. The van der Waals surface area contributed by atoms with E-state index in [1.165, 1.54) is 12.3 Å². The van der Waals surface area contributed by atoms with Crippen LogP contribution in [0, 0.1) is 5.92 Å². The van der Waals surface area contributed by atoms with Gasteiger partial charge in [0.05, 0.1) is 17.1 Å². The Morgan fingerprint density at radius 1 is 1.36 bits per heavy atom. The first kappa shape index (κ1) is 21.1. The van der Waals surface area contributed by atoms with E-state index in [9.17, 15) is 26.4 Å². The van der Waals surface area contributed by atoms with Crippen molar-refractivity contribution in [1.29, 1.82) is 0 Å². The van der Waals surface area contributed by atoms with Crippen LogP contribution >= 0.6 is 22.9 Å². The molecule has 1 saturated heterocycles. The highest BCUT2D eigenvalue weighted by Crippen LogP contribution is 2.33. The van der Waals surface area contributed by atoms with Gasteiger partial charge in [0.15, 0.2) is 15.0 Å². The Labute approximate surface area is 168 Å². The van der Waals surface area contributed by atoms with Gasteiger partial charge in [0.1, 0.15) is 0 Å². The van der Waals surface area contributed by atoms with Crippen molar-refractivity contribution in [2.45, 2.75) is 25.4 Å². The normalized spacial score (nSPS) is 18.9. The molecule has 3 rings (SSSR count). The Hall–Kier alpha value is -1.65. The molecule has 0 saturated carbocycles. The monoisotopic (exact) mass is 452 g/mol. The van der Waals surface area contributed by atoms with Crippen LogP contribution in [-0.4, -0.2) is 30.8 Å². The van der Waals surface area contributed by atoms with E-state index >= 15 is 0 Å². The van der Waals surface area contributed by atoms with Crippen LogP contribution in [0.2, 0.25) is 5.02 Å². The number of rotatable bonds is 5. The van der Waals surface area contributed by atoms with Crippen molar-refractivity contribution < 1.29 is 26.4 Å². The molecule has 0 spiro atoms. The maximum Gasteiger partial charge on any atom is 0.416 e. The number of thiazole rings is 1. The predicted octanol–water partition coefficient (Wildman–Crippen LogP) is 4.17. The summed E-state index contributed by atoms with van der Waals surface area (Å²) in [4.78, 5) is 16.8. The zero-order valence-corrected chi connectivity index (χ0v) is 16.8. The summed E-state index contributed by atoms with van der Waals surface area (Å²) in [5.41, 5.74) is -0.467. The fraction of sp³-hybridized carbons (Fsp3) is 0.412. The SMILES string of the molecule is O=C(CC1CCS(=O)(=O)C1)Nc1ncc(Cc2cc(C(F)(F)F)ccc2Cl)s1. The van der Waals surface area contributed by atoms with Gasteiger partial charge in [-0.1, -0.05) is 11.6 Å². The highest BCUT2D eigenvalue weighted by molar-refractivity contribution is 7.91. The van der Waals surface area contributed by atoms with E-state index in [0.717, 1.165) is 23.5 Å². The number of hydrogen-bond acceptors (Lipinski definition) is 5. The summed E-state index contributed by atoms with van der Waals surface area (Å²) >= 11 is 7.14. The van der Waals surface area contributed by atoms with Gasteiger partial charge in [0.25, 0.3) is 0 Å². The van der Waals surface area contributed by atoms with Crippen LogP contribution in [0.15, 0.2) is 24.4 Å². The lowest BCUT2D eigenvalue weighted by Crippen LogP contribution is -2.17. The largest absolute Gasteiger partial charge is 0.416 e. The summed E-state index contributed by atoms with van der Waals surface area (Å²) in [6.45, 7) is 0. The highest BCUT2D eigenvalue weighted by atomic mass is 35.5. The summed E-state index contributed by atoms with van der Waals surface area (Å²) in [6, 6.07) is 3.13. The standard InChI is InChI=1S/C17H16ClF3N2O3S2/c18-14-2-1-12(17(19,20)21)6-11(14)7-13-8-22-16(27-13)23-15(24)5-10-3-4-28(25,26)9-10/h1-2,6,8,10H,3-5,7,9H2,(H,22,23,24). The van der Waals surface area contributed by atoms with Crippen LogP contribution in [0.5, 0.6) is 0 Å². The summed E-state index contributed by atoms with van der Waals surface area (Å²) in [5.74, 6) is -0.421. The van der Waals surface area contributed by atoms with Gasteiger partial charge in [-0.25, -0.2) is 13.4 Å². The molecule has 1 fully saturated rings. The molecule has 2 aromatic rings. The van der Waals surface area contributed by atoms with Crippen molar-refractivity contribution in [1.82, 2.24) is 4.98 Å². The van der Waals surface area contributed by atoms with Crippen LogP contribution in [0.25, 0.3) is 0 Å². The first-order chi connectivity index (χ1) is 13.0. The molecule has 1 amide bonds. The molecule has 0 bridgehead atoms. The van der Waals surface area contributed by atoms with Crippen LogP contribution in [0.1, 0.15) is 28.8 Å². The second-order valence-electron chi connectivity index (χ2n) is 6.63. The van der Waals surface area contributed by atoms with Crippen molar-refractivity contribution in [2.75, 3.05) is 16.8 Å². The van der Waals surface area contributed by atoms with Gasteiger partial charge < -0.3 is 5.32 Å². The minimum Gasteiger partial charge on any atom is -0.302 e. The van der Waals surface area contributed by atoms with Gasteiger partial charge in [-0.3, -0.25) is 4.79 Å². The third-order valence-corrected chi connectivity index (χ3v) is 7.46. The Morgan fingerprint density at radius 3 is 2.75 bits per heavy atom. The summed E-state index contributed by atoms with van der Waals surface area (Å²) in [7, 11) is -3.05. The third-order valence-electron chi connectivity index (χ3n) is 4.34. The zero-order chi connectivity index (χ0) is 20.5. The van der Waals surface area contributed by atoms with Crippen LogP contribution in [0.4, 0.5) is 18.3 Å². The molecule has 0 aliphatic carbocycles. The number of carbonyl (C=O) groups excluding carboxylic acids is 1. The number of alkyl halides is 3. The number of amides is 1. The van der Waals surface area contributed by atoms with Crippen molar-refractivity contribution in [3.05, 3.63) is 45.4 Å². The molecule has 1 aromatic carbocycles. The maximum atomic E-state index is 12.9. The molecular formula is C17H16ClF3N2O3S2. The zero-order valence-electron chi connectivity index (χ0n) is 14.4. The minimum absolute atomic E-state index is 0.0115. The molecule has 152 valence electrons. The number of anilines is 1. The molecule has 1 unspecified atom stereocenters. The van der Waals surface area contributed by atoms with E-state index in [1.54, 1.807) is 0 Å². The maximum absolute atomic E-state index is 12.9. The smallest absolute Gasteiger partial charge is 0.302 e. The summed E-state index contributed by atoms with van der Waals surface area (Å²) < 4.78 is 61.5. The fourth-order valence-corrected chi connectivity index (χ4v) is 5.88. The number of nitrogens with zero attached hydrogens (tertiary/aromatic N) is 1. The van der Waals surface area contributed by atoms with E-state index in [4.69, 9.17) is 11.6 Å². The first-order valence-corrected chi connectivity index (χ1v) is 11.3. The molecule has 1 aliphatic rings. The van der Waals surface area contributed by atoms with Crippen molar-refractivity contribution >= 4 is 43.8 Å².